The lowest BCUT2D eigenvalue weighted by molar-refractivity contribution is -0.384. The first-order chi connectivity index (χ1) is 6.97. The van der Waals surface area contributed by atoms with Crippen molar-refractivity contribution in [2.75, 3.05) is 0 Å². The largest absolute Gasteiger partial charge is 0.269 e. The molecule has 0 spiro atoms. The molecule has 80 valence electrons. The van der Waals surface area contributed by atoms with Crippen LogP contribution in [0.3, 0.4) is 0 Å². The molecule has 0 aliphatic carbocycles. The number of nitro benzene ring substituents is 1. The molecule has 3 heteroatoms. The van der Waals surface area contributed by atoms with Gasteiger partial charge >= 0.3 is 0 Å². The fourth-order valence-corrected chi connectivity index (χ4v) is 1.51. The summed E-state index contributed by atoms with van der Waals surface area (Å²) in [7, 11) is 0. The minimum absolute atomic E-state index is 0.0170. The Balaban J connectivity index is 2.97. The Morgan fingerprint density at radius 1 is 1.40 bits per heavy atom. The van der Waals surface area contributed by atoms with E-state index in [9.17, 15) is 10.1 Å². The Kier molecular flexibility index (Phi) is 3.24. The average Bonchev–Trinajstić information content (AvgIpc) is 2.18. The normalized spacial score (nSPS) is 11.1. The van der Waals surface area contributed by atoms with Gasteiger partial charge in [-0.2, -0.15) is 0 Å². The summed E-state index contributed by atoms with van der Waals surface area (Å²) in [4.78, 5) is 10.1. The van der Waals surface area contributed by atoms with Crippen LogP contribution in [0.25, 0.3) is 0 Å². The second kappa shape index (κ2) is 4.26. The fraction of sp³-hybridized carbons (Fsp3) is 0.333. The maximum Gasteiger partial charge on any atom is 0.269 e. The highest BCUT2D eigenvalue weighted by Gasteiger charge is 2.19. The molecule has 1 rings (SSSR count). The first-order valence-corrected chi connectivity index (χ1v) is 4.83. The first kappa shape index (κ1) is 11.4. The van der Waals surface area contributed by atoms with E-state index in [1.54, 1.807) is 12.1 Å². The summed E-state index contributed by atoms with van der Waals surface area (Å²) >= 11 is 0. The van der Waals surface area contributed by atoms with Crippen LogP contribution in [0, 0.1) is 10.1 Å². The van der Waals surface area contributed by atoms with Gasteiger partial charge in [0, 0.05) is 12.1 Å². The molecule has 0 fully saturated rings. The van der Waals surface area contributed by atoms with E-state index in [1.807, 2.05) is 18.2 Å². The third-order valence-corrected chi connectivity index (χ3v) is 2.51. The predicted molar refractivity (Wildman–Crippen MR) is 60.9 cm³/mol. The summed E-state index contributed by atoms with van der Waals surface area (Å²) in [6.45, 7) is 7.90. The summed E-state index contributed by atoms with van der Waals surface area (Å²) in [6.07, 6.45) is 2.71. The Bertz CT molecular complexity index is 366. The van der Waals surface area contributed by atoms with Crippen LogP contribution in [-0.4, -0.2) is 4.92 Å². The molecule has 0 aliphatic rings. The third-order valence-electron chi connectivity index (χ3n) is 2.51. The van der Waals surface area contributed by atoms with Crippen molar-refractivity contribution in [1.82, 2.24) is 0 Å². The number of hydrogen-bond acceptors (Lipinski definition) is 2. The molecule has 0 saturated carbocycles. The highest BCUT2D eigenvalue weighted by molar-refractivity contribution is 5.36. The van der Waals surface area contributed by atoms with Crippen LogP contribution >= 0.6 is 0 Å². The topological polar surface area (TPSA) is 43.1 Å². The average molecular weight is 205 g/mol. The summed E-state index contributed by atoms with van der Waals surface area (Å²) in [5.41, 5.74) is 1.21. The van der Waals surface area contributed by atoms with Gasteiger partial charge in [-0.3, -0.25) is 10.1 Å². The number of non-ortho nitro benzene ring substituents is 1. The number of nitro groups is 1. The van der Waals surface area contributed by atoms with Crippen LogP contribution in [0.15, 0.2) is 36.9 Å². The lowest BCUT2D eigenvalue weighted by Gasteiger charge is -2.23. The summed E-state index contributed by atoms with van der Waals surface area (Å²) in [5.74, 6) is 0. The number of allylic oxidation sites excluding steroid dienone is 1. The molecule has 0 bridgehead atoms. The van der Waals surface area contributed by atoms with Crippen LogP contribution in [0.2, 0.25) is 0 Å². The van der Waals surface area contributed by atoms with E-state index in [2.05, 4.69) is 20.4 Å². The van der Waals surface area contributed by atoms with Crippen molar-refractivity contribution in [2.24, 2.45) is 0 Å². The zero-order chi connectivity index (χ0) is 11.5. The van der Waals surface area contributed by atoms with Gasteiger partial charge in [0.05, 0.1) is 4.92 Å². The highest BCUT2D eigenvalue weighted by atomic mass is 16.6. The minimum Gasteiger partial charge on any atom is -0.258 e. The Morgan fingerprint density at radius 2 is 1.93 bits per heavy atom. The van der Waals surface area contributed by atoms with Crippen molar-refractivity contribution in [3.63, 3.8) is 0 Å². The molecule has 15 heavy (non-hydrogen) atoms. The van der Waals surface area contributed by atoms with E-state index in [0.29, 0.717) is 0 Å². The van der Waals surface area contributed by atoms with Crippen molar-refractivity contribution in [3.05, 3.63) is 52.6 Å². The molecule has 0 heterocycles. The molecule has 1 aromatic carbocycles. The van der Waals surface area contributed by atoms with Crippen molar-refractivity contribution in [1.29, 1.82) is 0 Å². The van der Waals surface area contributed by atoms with E-state index >= 15 is 0 Å². The van der Waals surface area contributed by atoms with Gasteiger partial charge in [-0.25, -0.2) is 0 Å². The van der Waals surface area contributed by atoms with Gasteiger partial charge in [-0.1, -0.05) is 32.1 Å². The van der Waals surface area contributed by atoms with Crippen LogP contribution in [0.4, 0.5) is 5.69 Å². The minimum atomic E-state index is -0.385. The number of nitrogens with zero attached hydrogens (tertiary/aromatic N) is 1. The number of benzene rings is 1. The molecule has 3 nitrogen and oxygen atoms in total. The van der Waals surface area contributed by atoms with Gasteiger partial charge in [0.1, 0.15) is 0 Å². The Morgan fingerprint density at radius 3 is 2.33 bits per heavy atom. The number of hydrogen-bond donors (Lipinski definition) is 0. The molecule has 0 radical (unpaired) electrons. The monoisotopic (exact) mass is 205 g/mol. The zero-order valence-corrected chi connectivity index (χ0v) is 9.06. The predicted octanol–water partition coefficient (Wildman–Crippen LogP) is 3.45. The Hall–Kier alpha value is -1.64. The SMILES string of the molecule is C=CCC(C)(C)c1ccc([N+](=O)[O-])cc1. The molecular weight excluding hydrogens is 190 g/mol. The van der Waals surface area contributed by atoms with Crippen LogP contribution in [0.5, 0.6) is 0 Å². The third kappa shape index (κ3) is 2.65. The van der Waals surface area contributed by atoms with Gasteiger partial charge in [0.25, 0.3) is 5.69 Å². The maximum atomic E-state index is 10.5. The van der Waals surface area contributed by atoms with E-state index in [1.165, 1.54) is 0 Å². The zero-order valence-electron chi connectivity index (χ0n) is 9.06. The van der Waals surface area contributed by atoms with Crippen LogP contribution in [-0.2, 0) is 5.41 Å². The van der Waals surface area contributed by atoms with Gasteiger partial charge in [0.15, 0.2) is 0 Å². The maximum absolute atomic E-state index is 10.5. The molecule has 0 saturated heterocycles. The van der Waals surface area contributed by atoms with Gasteiger partial charge in [-0.05, 0) is 17.4 Å². The molecule has 0 N–H and O–H groups in total. The summed E-state index contributed by atoms with van der Waals surface area (Å²) < 4.78 is 0. The first-order valence-electron chi connectivity index (χ1n) is 4.83. The van der Waals surface area contributed by atoms with E-state index in [-0.39, 0.29) is 16.0 Å². The molecule has 1 aromatic rings. The standard InChI is InChI=1S/C12H15NO2/c1-4-9-12(2,3)10-5-7-11(8-6-10)13(14)15/h4-8H,1,9H2,2-3H3. The summed E-state index contributed by atoms with van der Waals surface area (Å²) in [6, 6.07) is 6.70. The van der Waals surface area contributed by atoms with Crippen LogP contribution in [0.1, 0.15) is 25.8 Å². The summed E-state index contributed by atoms with van der Waals surface area (Å²) in [5, 5.41) is 10.5. The lowest BCUT2D eigenvalue weighted by atomic mass is 9.82. The molecular formula is C12H15NO2. The van der Waals surface area contributed by atoms with E-state index < -0.39 is 0 Å². The van der Waals surface area contributed by atoms with Crippen molar-refractivity contribution in [2.45, 2.75) is 25.7 Å². The van der Waals surface area contributed by atoms with E-state index in [0.717, 1.165) is 12.0 Å². The molecule has 0 aliphatic heterocycles. The molecule has 0 unspecified atom stereocenters. The van der Waals surface area contributed by atoms with Gasteiger partial charge in [-0.15, -0.1) is 6.58 Å². The molecule has 0 amide bonds. The molecule has 0 atom stereocenters. The quantitative estimate of drug-likeness (QED) is 0.429. The Labute approximate surface area is 89.6 Å². The van der Waals surface area contributed by atoms with E-state index in [4.69, 9.17) is 0 Å². The second-order valence-corrected chi connectivity index (χ2v) is 4.18. The fourth-order valence-electron chi connectivity index (χ4n) is 1.51. The number of rotatable bonds is 4. The van der Waals surface area contributed by atoms with Gasteiger partial charge < -0.3 is 0 Å². The van der Waals surface area contributed by atoms with Crippen molar-refractivity contribution < 1.29 is 4.92 Å². The smallest absolute Gasteiger partial charge is 0.258 e. The lowest BCUT2D eigenvalue weighted by Crippen LogP contribution is -2.15. The molecule has 0 aromatic heterocycles. The van der Waals surface area contributed by atoms with Crippen LogP contribution < -0.4 is 0 Å². The highest BCUT2D eigenvalue weighted by Crippen LogP contribution is 2.28. The van der Waals surface area contributed by atoms with Crippen molar-refractivity contribution in [3.8, 4) is 0 Å². The van der Waals surface area contributed by atoms with Crippen molar-refractivity contribution >= 4 is 5.69 Å². The van der Waals surface area contributed by atoms with Gasteiger partial charge in [0.2, 0.25) is 0 Å². The second-order valence-electron chi connectivity index (χ2n) is 4.18.